The van der Waals surface area contributed by atoms with E-state index in [0.717, 1.165) is 6.92 Å². The molecule has 0 aliphatic carbocycles. The van der Waals surface area contributed by atoms with Gasteiger partial charge in [0.1, 0.15) is 42.3 Å². The Balaban J connectivity index is 6.15. The topological polar surface area (TPSA) is 429 Å². The molecule has 0 spiro atoms. The fourth-order valence-corrected chi connectivity index (χ4v) is 4.88. The van der Waals surface area contributed by atoms with Crippen molar-refractivity contribution in [3.63, 3.8) is 0 Å². The van der Waals surface area contributed by atoms with E-state index in [4.69, 9.17) is 27.4 Å². The molecule has 0 aromatic heterocycles. The number of aliphatic hydroxyl groups excluding tert-OH is 3. The van der Waals surface area contributed by atoms with Crippen LogP contribution in [0.5, 0.6) is 0 Å². The quantitative estimate of drug-likeness (QED) is 0.0208. The molecule has 0 aliphatic heterocycles. The standard InChI is InChI=1S/C33H59N11O14/c1-6-15(4)24(30(55)42-23(14(2)3)29(54)44-25(16(5)47)31(56)40-19(32(57)58)10-22(49)50)43-28(53)18(8-7-9-37-33(35)36)39-21(48)11-38-27(52)20(13-46)41-26(51)17(34)12-45/h14-20,23-25,45-47H,6-13,34H2,1-5H3,(H,38,52)(H,39,48)(H,40,56)(H,41,51)(H,42,55)(H,43,53)(H,44,54)(H,49,50)(H,57,58)(H4,35,36,37). The van der Waals surface area contributed by atoms with E-state index in [0.29, 0.717) is 6.42 Å². The van der Waals surface area contributed by atoms with Gasteiger partial charge in [-0.15, -0.1) is 0 Å². The number of hydrogen-bond donors (Lipinski definition) is 15. The number of nitrogens with one attached hydrogen (secondary N) is 7. The van der Waals surface area contributed by atoms with Crippen molar-refractivity contribution in [1.29, 1.82) is 0 Å². The summed E-state index contributed by atoms with van der Waals surface area (Å²) < 4.78 is 0. The van der Waals surface area contributed by atoms with Crippen molar-refractivity contribution in [2.24, 2.45) is 34.0 Å². The first-order chi connectivity index (χ1) is 27.0. The molecule has 0 fully saturated rings. The Hall–Kier alpha value is -5.66. The van der Waals surface area contributed by atoms with E-state index in [2.05, 4.69) is 36.9 Å². The number of nitrogens with two attached hydrogens (primary N) is 3. The highest BCUT2D eigenvalue weighted by atomic mass is 16.4. The first kappa shape index (κ1) is 52.3. The molecule has 0 aromatic rings. The summed E-state index contributed by atoms with van der Waals surface area (Å²) in [6.07, 6.45) is -2.23. The molecule has 25 nitrogen and oxygen atoms in total. The van der Waals surface area contributed by atoms with Crippen LogP contribution in [0.4, 0.5) is 0 Å². The van der Waals surface area contributed by atoms with Gasteiger partial charge in [0.15, 0.2) is 5.96 Å². The lowest BCUT2D eigenvalue weighted by molar-refractivity contribution is -0.148. The molecular formula is C33H59N11O14. The lowest BCUT2D eigenvalue weighted by atomic mass is 9.95. The summed E-state index contributed by atoms with van der Waals surface area (Å²) in [5.74, 6) is -11.5. The van der Waals surface area contributed by atoms with Crippen molar-refractivity contribution in [3.8, 4) is 0 Å². The molecule has 0 saturated carbocycles. The summed E-state index contributed by atoms with van der Waals surface area (Å²) in [7, 11) is 0. The van der Waals surface area contributed by atoms with Gasteiger partial charge in [-0.25, -0.2) is 4.79 Å². The lowest BCUT2D eigenvalue weighted by Crippen LogP contribution is -2.62. The molecular weight excluding hydrogens is 774 g/mol. The summed E-state index contributed by atoms with van der Waals surface area (Å²) in [5.41, 5.74) is 16.1. The van der Waals surface area contributed by atoms with Crippen LogP contribution in [0.15, 0.2) is 4.99 Å². The third-order valence-corrected chi connectivity index (χ3v) is 8.47. The number of nitrogens with zero attached hydrogens (tertiary/aromatic N) is 1. The van der Waals surface area contributed by atoms with Gasteiger partial charge in [-0.05, 0) is 31.6 Å². The van der Waals surface area contributed by atoms with E-state index in [-0.39, 0.29) is 25.3 Å². The van der Waals surface area contributed by atoms with Crippen LogP contribution in [0.1, 0.15) is 60.3 Å². The molecule has 0 aromatic carbocycles. The number of guanidine groups is 1. The Labute approximate surface area is 334 Å². The average molecular weight is 834 g/mol. The molecule has 58 heavy (non-hydrogen) atoms. The largest absolute Gasteiger partial charge is 0.481 e. The smallest absolute Gasteiger partial charge is 0.326 e. The van der Waals surface area contributed by atoms with Crippen LogP contribution in [-0.4, -0.2) is 159 Å². The van der Waals surface area contributed by atoms with Gasteiger partial charge in [0, 0.05) is 6.54 Å². The van der Waals surface area contributed by atoms with Crippen molar-refractivity contribution >= 4 is 59.2 Å². The zero-order valence-electron chi connectivity index (χ0n) is 33.0. The Morgan fingerprint density at radius 1 is 0.655 bits per heavy atom. The maximum absolute atomic E-state index is 13.8. The minimum Gasteiger partial charge on any atom is -0.481 e. The normalized spacial score (nSPS) is 15.6. The lowest BCUT2D eigenvalue weighted by Gasteiger charge is -2.30. The van der Waals surface area contributed by atoms with Gasteiger partial charge in [0.05, 0.1) is 32.3 Å². The number of carbonyl (C=O) groups is 9. The van der Waals surface area contributed by atoms with Gasteiger partial charge >= 0.3 is 11.9 Å². The fraction of sp³-hybridized carbons (Fsp3) is 0.697. The third-order valence-electron chi connectivity index (χ3n) is 8.47. The molecule has 0 rings (SSSR count). The molecule has 18 N–H and O–H groups in total. The van der Waals surface area contributed by atoms with Crippen molar-refractivity contribution < 1.29 is 68.7 Å². The van der Waals surface area contributed by atoms with E-state index < -0.39 is 140 Å². The minimum atomic E-state index is -1.89. The number of carbonyl (C=O) groups excluding carboxylic acids is 7. The zero-order chi connectivity index (χ0) is 44.9. The number of amides is 7. The zero-order valence-corrected chi connectivity index (χ0v) is 33.0. The van der Waals surface area contributed by atoms with Crippen LogP contribution >= 0.6 is 0 Å². The molecule has 25 heteroatoms. The van der Waals surface area contributed by atoms with Gasteiger partial charge in [0.25, 0.3) is 0 Å². The summed E-state index contributed by atoms with van der Waals surface area (Å²) in [4.78, 5) is 117. The summed E-state index contributed by atoms with van der Waals surface area (Å²) in [6, 6.07) is -10.7. The molecule has 0 aliphatic rings. The molecule has 7 amide bonds. The van der Waals surface area contributed by atoms with Crippen LogP contribution in [0, 0.1) is 11.8 Å². The molecule has 0 heterocycles. The van der Waals surface area contributed by atoms with Crippen LogP contribution in [0.25, 0.3) is 0 Å². The van der Waals surface area contributed by atoms with Gasteiger partial charge in [0.2, 0.25) is 41.4 Å². The molecule has 9 atom stereocenters. The van der Waals surface area contributed by atoms with Gasteiger partial charge in [-0.1, -0.05) is 34.1 Å². The van der Waals surface area contributed by atoms with E-state index >= 15 is 0 Å². The van der Waals surface area contributed by atoms with Crippen molar-refractivity contribution in [1.82, 2.24) is 37.2 Å². The number of aliphatic carboxylic acids is 2. The summed E-state index contributed by atoms with van der Waals surface area (Å²) in [6.45, 7) is 5.18. The average Bonchev–Trinajstić information content (AvgIpc) is 3.15. The number of aliphatic imine (C=N–C) groups is 1. The predicted molar refractivity (Wildman–Crippen MR) is 203 cm³/mol. The second-order valence-corrected chi connectivity index (χ2v) is 13.6. The fourth-order valence-electron chi connectivity index (χ4n) is 4.88. The third kappa shape index (κ3) is 19.0. The number of carboxylic acids is 2. The summed E-state index contributed by atoms with van der Waals surface area (Å²) in [5, 5.41) is 63.1. The van der Waals surface area contributed by atoms with E-state index in [9.17, 15) is 58.5 Å². The van der Waals surface area contributed by atoms with Crippen molar-refractivity contribution in [2.75, 3.05) is 26.3 Å². The first-order valence-corrected chi connectivity index (χ1v) is 18.2. The van der Waals surface area contributed by atoms with E-state index in [1.54, 1.807) is 13.8 Å². The van der Waals surface area contributed by atoms with Crippen molar-refractivity contribution in [2.45, 2.75) is 109 Å². The number of rotatable bonds is 27. The van der Waals surface area contributed by atoms with E-state index in [1.807, 2.05) is 5.32 Å². The highest BCUT2D eigenvalue weighted by molar-refractivity contribution is 5.97. The maximum atomic E-state index is 13.8. The highest BCUT2D eigenvalue weighted by Gasteiger charge is 2.36. The Morgan fingerprint density at radius 2 is 1.19 bits per heavy atom. The maximum Gasteiger partial charge on any atom is 0.326 e. The SMILES string of the molecule is CCC(C)C(NC(=O)C(CCCN=C(N)N)NC(=O)CNC(=O)C(CO)NC(=O)C(N)CO)C(=O)NC(C(=O)NC(C(=O)NC(CC(=O)O)C(=O)O)C(C)O)C(C)C. The van der Waals surface area contributed by atoms with Crippen molar-refractivity contribution in [3.05, 3.63) is 0 Å². The van der Waals surface area contributed by atoms with Gasteiger partial charge in [-0.3, -0.25) is 43.3 Å². The van der Waals surface area contributed by atoms with Gasteiger partial charge in [-0.2, -0.15) is 0 Å². The number of hydrogen-bond acceptors (Lipinski definition) is 14. The number of aliphatic hydroxyl groups is 3. The van der Waals surface area contributed by atoms with Crippen LogP contribution in [0.2, 0.25) is 0 Å². The molecule has 330 valence electrons. The highest BCUT2D eigenvalue weighted by Crippen LogP contribution is 2.12. The Kier molecular flexibility index (Phi) is 23.7. The molecule has 0 radical (unpaired) electrons. The molecule has 9 unspecified atom stereocenters. The first-order valence-electron chi connectivity index (χ1n) is 18.2. The second-order valence-electron chi connectivity index (χ2n) is 13.6. The van der Waals surface area contributed by atoms with Gasteiger partial charge < -0.3 is 80.0 Å². The predicted octanol–water partition coefficient (Wildman–Crippen LogP) is -6.98. The van der Waals surface area contributed by atoms with Crippen LogP contribution in [-0.2, 0) is 43.2 Å². The minimum absolute atomic E-state index is 0.0367. The Bertz CT molecular complexity index is 1470. The molecule has 0 bridgehead atoms. The van der Waals surface area contributed by atoms with E-state index in [1.165, 1.54) is 13.8 Å². The second kappa shape index (κ2) is 26.3. The summed E-state index contributed by atoms with van der Waals surface area (Å²) >= 11 is 0. The Morgan fingerprint density at radius 3 is 1.67 bits per heavy atom. The molecule has 0 saturated heterocycles. The van der Waals surface area contributed by atoms with Crippen LogP contribution in [0.3, 0.4) is 0 Å². The monoisotopic (exact) mass is 833 g/mol. The van der Waals surface area contributed by atoms with Crippen LogP contribution < -0.4 is 54.4 Å². The number of carboxylic acid groups (broad SMARTS) is 2.